The quantitative estimate of drug-likeness (QED) is 0.575. The van der Waals surface area contributed by atoms with Gasteiger partial charge >= 0.3 is 0 Å². The second-order valence-electron chi connectivity index (χ2n) is 7.56. The fourth-order valence-corrected chi connectivity index (χ4v) is 3.67. The van der Waals surface area contributed by atoms with Crippen LogP contribution >= 0.6 is 0 Å². The Morgan fingerprint density at radius 1 is 0.724 bits per heavy atom. The Balaban J connectivity index is 1.32. The Morgan fingerprint density at radius 3 is 2.03 bits per heavy atom. The normalized spacial score (nSPS) is 14.3. The number of hydrogen-bond acceptors (Lipinski definition) is 3. The van der Waals surface area contributed by atoms with Gasteiger partial charge in [-0.3, -0.25) is 9.69 Å². The average molecular weight is 386 g/mol. The van der Waals surface area contributed by atoms with E-state index >= 15 is 0 Å². The van der Waals surface area contributed by atoms with E-state index in [-0.39, 0.29) is 5.91 Å². The highest BCUT2D eigenvalue weighted by Gasteiger charge is 2.11. The maximum atomic E-state index is 12.6. The highest BCUT2D eigenvalue weighted by molar-refractivity contribution is 6.04. The molecule has 1 aliphatic rings. The van der Waals surface area contributed by atoms with Crippen molar-refractivity contribution >= 4 is 23.0 Å². The highest BCUT2D eigenvalue weighted by Crippen LogP contribution is 2.19. The van der Waals surface area contributed by atoms with Crippen molar-refractivity contribution in [3.63, 3.8) is 0 Å². The predicted octanol–water partition coefficient (Wildman–Crippen LogP) is 5.67. The second-order valence-corrected chi connectivity index (χ2v) is 7.56. The van der Waals surface area contributed by atoms with Crippen LogP contribution in [0, 0.1) is 0 Å². The number of carbonyl (C=O) groups excluding carboxylic acids is 1. The zero-order valence-electron chi connectivity index (χ0n) is 16.6. The second kappa shape index (κ2) is 9.39. The van der Waals surface area contributed by atoms with Gasteiger partial charge in [-0.1, -0.05) is 36.8 Å². The van der Waals surface area contributed by atoms with E-state index in [4.69, 9.17) is 0 Å². The molecule has 1 aliphatic heterocycles. The van der Waals surface area contributed by atoms with Crippen LogP contribution in [0.3, 0.4) is 0 Å². The number of nitrogens with zero attached hydrogens (tertiary/aromatic N) is 1. The number of benzene rings is 3. The van der Waals surface area contributed by atoms with Crippen LogP contribution in [0.5, 0.6) is 0 Å². The minimum absolute atomic E-state index is 0.0849. The maximum Gasteiger partial charge on any atom is 0.255 e. The van der Waals surface area contributed by atoms with E-state index in [1.54, 1.807) is 0 Å². The first-order valence-electron chi connectivity index (χ1n) is 10.3. The van der Waals surface area contributed by atoms with Crippen LogP contribution in [0.4, 0.5) is 17.1 Å². The van der Waals surface area contributed by atoms with Gasteiger partial charge in [-0.25, -0.2) is 0 Å². The van der Waals surface area contributed by atoms with Crippen molar-refractivity contribution in [3.05, 3.63) is 90.0 Å². The van der Waals surface area contributed by atoms with Crippen molar-refractivity contribution in [2.45, 2.75) is 25.8 Å². The number of amides is 1. The van der Waals surface area contributed by atoms with Crippen molar-refractivity contribution in [1.82, 2.24) is 4.90 Å². The maximum absolute atomic E-state index is 12.6. The lowest BCUT2D eigenvalue weighted by Crippen LogP contribution is -2.29. The van der Waals surface area contributed by atoms with Crippen molar-refractivity contribution in [2.24, 2.45) is 0 Å². The fourth-order valence-electron chi connectivity index (χ4n) is 3.67. The van der Waals surface area contributed by atoms with E-state index in [0.717, 1.165) is 23.6 Å². The molecule has 0 spiro atoms. The van der Waals surface area contributed by atoms with E-state index in [1.165, 1.54) is 37.9 Å². The Morgan fingerprint density at radius 2 is 1.34 bits per heavy atom. The van der Waals surface area contributed by atoms with Crippen LogP contribution in [0.2, 0.25) is 0 Å². The van der Waals surface area contributed by atoms with E-state index in [0.29, 0.717) is 5.56 Å². The third kappa shape index (κ3) is 5.46. The zero-order chi connectivity index (χ0) is 19.9. The summed E-state index contributed by atoms with van der Waals surface area (Å²) in [4.78, 5) is 15.0. The molecule has 4 rings (SSSR count). The number of likely N-dealkylation sites (tertiary alicyclic amines) is 1. The predicted molar refractivity (Wildman–Crippen MR) is 120 cm³/mol. The third-order valence-electron chi connectivity index (χ3n) is 5.28. The molecule has 4 nitrogen and oxygen atoms in total. The Labute approximate surface area is 172 Å². The van der Waals surface area contributed by atoms with E-state index in [1.807, 2.05) is 66.7 Å². The minimum atomic E-state index is -0.0849. The molecule has 0 unspecified atom stereocenters. The van der Waals surface area contributed by atoms with Gasteiger partial charge in [-0.2, -0.15) is 0 Å². The van der Waals surface area contributed by atoms with Crippen LogP contribution in [-0.4, -0.2) is 23.9 Å². The molecule has 1 heterocycles. The number of hydrogen-bond donors (Lipinski definition) is 2. The molecule has 148 valence electrons. The lowest BCUT2D eigenvalue weighted by atomic mass is 10.1. The molecule has 1 fully saturated rings. The van der Waals surface area contributed by atoms with Crippen molar-refractivity contribution in [3.8, 4) is 0 Å². The first kappa shape index (κ1) is 19.2. The van der Waals surface area contributed by atoms with Gasteiger partial charge in [0.1, 0.15) is 0 Å². The molecule has 3 aromatic rings. The summed E-state index contributed by atoms with van der Waals surface area (Å²) in [6, 6.07) is 25.7. The molecule has 0 aliphatic carbocycles. The van der Waals surface area contributed by atoms with Gasteiger partial charge in [-0.05, 0) is 80.0 Å². The molecule has 0 saturated carbocycles. The number of anilines is 3. The third-order valence-corrected chi connectivity index (χ3v) is 5.28. The molecule has 2 N–H and O–H groups in total. The number of piperidine rings is 1. The van der Waals surface area contributed by atoms with Crippen LogP contribution in [-0.2, 0) is 6.54 Å². The smallest absolute Gasteiger partial charge is 0.255 e. The molecule has 1 saturated heterocycles. The van der Waals surface area contributed by atoms with Crippen LogP contribution < -0.4 is 10.6 Å². The molecule has 0 aromatic heterocycles. The summed E-state index contributed by atoms with van der Waals surface area (Å²) < 4.78 is 0. The Kier molecular flexibility index (Phi) is 6.22. The Hall–Kier alpha value is -3.11. The van der Waals surface area contributed by atoms with Gasteiger partial charge in [0.05, 0.1) is 0 Å². The van der Waals surface area contributed by atoms with Crippen LogP contribution in [0.25, 0.3) is 0 Å². The largest absolute Gasteiger partial charge is 0.356 e. The average Bonchev–Trinajstić information content (AvgIpc) is 2.77. The lowest BCUT2D eigenvalue weighted by Gasteiger charge is -2.26. The molecule has 3 aromatic carbocycles. The van der Waals surface area contributed by atoms with E-state index < -0.39 is 0 Å². The van der Waals surface area contributed by atoms with Crippen molar-refractivity contribution < 1.29 is 4.79 Å². The topological polar surface area (TPSA) is 44.4 Å². The van der Waals surface area contributed by atoms with E-state index in [2.05, 4.69) is 27.7 Å². The molecule has 1 amide bonds. The van der Waals surface area contributed by atoms with Gasteiger partial charge in [0.15, 0.2) is 0 Å². The highest BCUT2D eigenvalue weighted by atomic mass is 16.1. The fraction of sp³-hybridized carbons (Fsp3) is 0.240. The summed E-state index contributed by atoms with van der Waals surface area (Å²) in [5, 5.41) is 6.31. The van der Waals surface area contributed by atoms with Crippen molar-refractivity contribution in [1.29, 1.82) is 0 Å². The van der Waals surface area contributed by atoms with Gasteiger partial charge < -0.3 is 10.6 Å². The summed E-state index contributed by atoms with van der Waals surface area (Å²) >= 11 is 0. The SMILES string of the molecule is O=C(Nc1ccc(Nc2ccccc2)cc1)c1ccc(CN2CCCCC2)cc1. The molecule has 0 bridgehead atoms. The van der Waals surface area contributed by atoms with Gasteiger partial charge in [0, 0.05) is 29.2 Å². The summed E-state index contributed by atoms with van der Waals surface area (Å²) in [6.45, 7) is 3.33. The molecular weight excluding hydrogens is 358 g/mol. The minimum Gasteiger partial charge on any atom is -0.356 e. The Bertz CT molecular complexity index is 915. The molecule has 29 heavy (non-hydrogen) atoms. The zero-order valence-corrected chi connectivity index (χ0v) is 16.6. The first-order chi connectivity index (χ1) is 14.3. The van der Waals surface area contributed by atoms with Crippen LogP contribution in [0.15, 0.2) is 78.9 Å². The molecule has 0 radical (unpaired) electrons. The summed E-state index contributed by atoms with van der Waals surface area (Å²) in [7, 11) is 0. The molecule has 4 heteroatoms. The number of nitrogens with one attached hydrogen (secondary N) is 2. The van der Waals surface area contributed by atoms with Crippen molar-refractivity contribution in [2.75, 3.05) is 23.7 Å². The lowest BCUT2D eigenvalue weighted by molar-refractivity contribution is 0.102. The number of para-hydroxylation sites is 1. The molecule has 0 atom stereocenters. The number of carbonyl (C=O) groups is 1. The van der Waals surface area contributed by atoms with Crippen LogP contribution in [0.1, 0.15) is 35.2 Å². The standard InChI is InChI=1S/C25H27N3O/c29-25(21-11-9-20(10-12-21)19-28-17-5-2-6-18-28)27-24-15-13-23(14-16-24)26-22-7-3-1-4-8-22/h1,3-4,7-16,26H,2,5-6,17-19H2,(H,27,29). The summed E-state index contributed by atoms with van der Waals surface area (Å²) in [6.07, 6.45) is 3.93. The summed E-state index contributed by atoms with van der Waals surface area (Å²) in [5.74, 6) is -0.0849. The first-order valence-corrected chi connectivity index (χ1v) is 10.3. The van der Waals surface area contributed by atoms with Gasteiger partial charge in [0.2, 0.25) is 0 Å². The van der Waals surface area contributed by atoms with E-state index in [9.17, 15) is 4.79 Å². The molecular formula is C25H27N3O. The van der Waals surface area contributed by atoms with Gasteiger partial charge in [-0.15, -0.1) is 0 Å². The van der Waals surface area contributed by atoms with Gasteiger partial charge in [0.25, 0.3) is 5.91 Å². The number of rotatable bonds is 6. The summed E-state index contributed by atoms with van der Waals surface area (Å²) in [5.41, 5.74) is 4.75. The monoisotopic (exact) mass is 385 g/mol.